The molecule has 1 aliphatic rings. The first-order chi connectivity index (χ1) is 8.28. The second-order valence-corrected chi connectivity index (χ2v) is 4.34. The van der Waals surface area contributed by atoms with E-state index in [1.165, 1.54) is 6.42 Å². The van der Waals surface area contributed by atoms with Crippen LogP contribution in [0.25, 0.3) is 0 Å². The third kappa shape index (κ3) is 3.56. The molecule has 0 aliphatic carbocycles. The smallest absolute Gasteiger partial charge is 0.226 e. The second kappa shape index (κ2) is 5.82. The van der Waals surface area contributed by atoms with E-state index >= 15 is 0 Å². The number of methoxy groups -OCH3 is 1. The van der Waals surface area contributed by atoms with Gasteiger partial charge >= 0.3 is 0 Å². The number of rotatable bonds is 4. The standard InChI is InChI=1S/C12H19N3O2/c1-9-6-11(16-2)15-12(14-9)13-7-10-4-3-5-17-8-10/h6,10H,3-5,7-8H2,1-2H3,(H,13,14,15). The summed E-state index contributed by atoms with van der Waals surface area (Å²) >= 11 is 0. The lowest BCUT2D eigenvalue weighted by atomic mass is 10.0. The molecule has 5 heteroatoms. The van der Waals surface area contributed by atoms with Gasteiger partial charge < -0.3 is 14.8 Å². The van der Waals surface area contributed by atoms with Gasteiger partial charge in [-0.15, -0.1) is 0 Å². The molecular formula is C12H19N3O2. The van der Waals surface area contributed by atoms with Gasteiger partial charge in [0.25, 0.3) is 0 Å². The van der Waals surface area contributed by atoms with Crippen molar-refractivity contribution in [3.05, 3.63) is 11.8 Å². The molecule has 1 aromatic rings. The van der Waals surface area contributed by atoms with Crippen molar-refractivity contribution in [1.29, 1.82) is 0 Å². The van der Waals surface area contributed by atoms with Gasteiger partial charge in [0.1, 0.15) is 0 Å². The molecule has 1 saturated heterocycles. The van der Waals surface area contributed by atoms with Crippen LogP contribution in [0.1, 0.15) is 18.5 Å². The van der Waals surface area contributed by atoms with Crippen molar-refractivity contribution in [2.75, 3.05) is 32.2 Å². The molecule has 0 radical (unpaired) electrons. The first-order valence-electron chi connectivity index (χ1n) is 5.99. The highest BCUT2D eigenvalue weighted by Gasteiger charge is 2.14. The summed E-state index contributed by atoms with van der Waals surface area (Å²) in [4.78, 5) is 8.57. The summed E-state index contributed by atoms with van der Waals surface area (Å²) in [7, 11) is 1.61. The molecule has 1 N–H and O–H groups in total. The van der Waals surface area contributed by atoms with Crippen LogP contribution in [0.3, 0.4) is 0 Å². The maximum absolute atomic E-state index is 5.43. The number of hydrogen-bond donors (Lipinski definition) is 1. The topological polar surface area (TPSA) is 56.3 Å². The normalized spacial score (nSPS) is 20.0. The van der Waals surface area contributed by atoms with Crippen LogP contribution in [-0.4, -0.2) is 36.8 Å². The number of aromatic nitrogens is 2. The molecule has 17 heavy (non-hydrogen) atoms. The number of hydrogen-bond acceptors (Lipinski definition) is 5. The lowest BCUT2D eigenvalue weighted by molar-refractivity contribution is 0.0594. The Morgan fingerprint density at radius 1 is 1.53 bits per heavy atom. The Labute approximate surface area is 102 Å². The van der Waals surface area contributed by atoms with Crippen LogP contribution in [0.15, 0.2) is 6.07 Å². The summed E-state index contributed by atoms with van der Waals surface area (Å²) < 4.78 is 10.5. The van der Waals surface area contributed by atoms with Crippen molar-refractivity contribution >= 4 is 5.95 Å². The predicted octanol–water partition coefficient (Wildman–Crippen LogP) is 1.63. The number of anilines is 1. The average Bonchev–Trinajstić information content (AvgIpc) is 2.37. The monoisotopic (exact) mass is 237 g/mol. The average molecular weight is 237 g/mol. The fourth-order valence-electron chi connectivity index (χ4n) is 1.93. The minimum absolute atomic E-state index is 0.554. The molecule has 2 heterocycles. The highest BCUT2D eigenvalue weighted by molar-refractivity contribution is 5.30. The summed E-state index contributed by atoms with van der Waals surface area (Å²) in [5.74, 6) is 1.78. The van der Waals surface area contributed by atoms with Crippen molar-refractivity contribution in [3.63, 3.8) is 0 Å². The van der Waals surface area contributed by atoms with E-state index in [0.717, 1.165) is 31.9 Å². The SMILES string of the molecule is COc1cc(C)nc(NCC2CCCOC2)n1. The van der Waals surface area contributed by atoms with E-state index in [0.29, 0.717) is 17.7 Å². The van der Waals surface area contributed by atoms with Crippen LogP contribution < -0.4 is 10.1 Å². The summed E-state index contributed by atoms with van der Waals surface area (Å²) in [6.45, 7) is 4.51. The minimum atomic E-state index is 0.554. The van der Waals surface area contributed by atoms with Crippen LogP contribution in [0.5, 0.6) is 5.88 Å². The summed E-state index contributed by atoms with van der Waals surface area (Å²) in [5.41, 5.74) is 0.902. The van der Waals surface area contributed by atoms with Gasteiger partial charge in [0.05, 0.1) is 13.7 Å². The lowest BCUT2D eigenvalue weighted by Crippen LogP contribution is -2.25. The van der Waals surface area contributed by atoms with Gasteiger partial charge in [0, 0.05) is 24.9 Å². The van der Waals surface area contributed by atoms with Crippen LogP contribution >= 0.6 is 0 Å². The number of aryl methyl sites for hydroxylation is 1. The summed E-state index contributed by atoms with van der Waals surface area (Å²) in [6.07, 6.45) is 2.35. The fraction of sp³-hybridized carbons (Fsp3) is 0.667. The third-order valence-electron chi connectivity index (χ3n) is 2.84. The molecule has 1 aromatic heterocycles. The van der Waals surface area contributed by atoms with Crippen molar-refractivity contribution in [3.8, 4) is 5.88 Å². The van der Waals surface area contributed by atoms with E-state index in [2.05, 4.69) is 15.3 Å². The molecule has 0 spiro atoms. The minimum Gasteiger partial charge on any atom is -0.481 e. The van der Waals surface area contributed by atoms with E-state index in [4.69, 9.17) is 9.47 Å². The van der Waals surface area contributed by atoms with Gasteiger partial charge in [-0.2, -0.15) is 4.98 Å². The lowest BCUT2D eigenvalue weighted by Gasteiger charge is -2.22. The second-order valence-electron chi connectivity index (χ2n) is 4.34. The van der Waals surface area contributed by atoms with Crippen molar-refractivity contribution < 1.29 is 9.47 Å². The molecule has 94 valence electrons. The van der Waals surface area contributed by atoms with E-state index in [1.807, 2.05) is 13.0 Å². The number of nitrogens with zero attached hydrogens (tertiary/aromatic N) is 2. The summed E-state index contributed by atoms with van der Waals surface area (Å²) in [6, 6.07) is 1.81. The molecule has 1 unspecified atom stereocenters. The highest BCUT2D eigenvalue weighted by Crippen LogP contribution is 2.15. The number of ether oxygens (including phenoxy) is 2. The Bertz CT molecular complexity index is 365. The molecule has 1 atom stereocenters. The van der Waals surface area contributed by atoms with Gasteiger partial charge in [0.15, 0.2) is 0 Å². The largest absolute Gasteiger partial charge is 0.481 e. The predicted molar refractivity (Wildman–Crippen MR) is 65.4 cm³/mol. The molecule has 0 aromatic carbocycles. The Kier molecular flexibility index (Phi) is 4.14. The maximum atomic E-state index is 5.43. The van der Waals surface area contributed by atoms with E-state index < -0.39 is 0 Å². The molecule has 0 saturated carbocycles. The first kappa shape index (κ1) is 12.1. The first-order valence-corrected chi connectivity index (χ1v) is 5.99. The molecule has 1 aliphatic heterocycles. The van der Waals surface area contributed by atoms with Crippen LogP contribution in [0.2, 0.25) is 0 Å². The summed E-state index contributed by atoms with van der Waals surface area (Å²) in [5, 5.41) is 3.25. The zero-order valence-corrected chi connectivity index (χ0v) is 10.4. The quantitative estimate of drug-likeness (QED) is 0.862. The maximum Gasteiger partial charge on any atom is 0.226 e. The molecule has 2 rings (SSSR count). The molecule has 1 fully saturated rings. The van der Waals surface area contributed by atoms with Gasteiger partial charge in [-0.05, 0) is 25.7 Å². The van der Waals surface area contributed by atoms with E-state index in [-0.39, 0.29) is 0 Å². The van der Waals surface area contributed by atoms with Gasteiger partial charge in [-0.3, -0.25) is 0 Å². The Hall–Kier alpha value is -1.36. The number of nitrogens with one attached hydrogen (secondary N) is 1. The molecule has 0 amide bonds. The molecule has 5 nitrogen and oxygen atoms in total. The fourth-order valence-corrected chi connectivity index (χ4v) is 1.93. The Morgan fingerprint density at radius 3 is 3.12 bits per heavy atom. The van der Waals surface area contributed by atoms with Crippen molar-refractivity contribution in [1.82, 2.24) is 9.97 Å². The molecular weight excluding hydrogens is 218 g/mol. The van der Waals surface area contributed by atoms with Crippen LogP contribution in [-0.2, 0) is 4.74 Å². The van der Waals surface area contributed by atoms with Gasteiger partial charge in [-0.1, -0.05) is 0 Å². The Balaban J connectivity index is 1.91. The van der Waals surface area contributed by atoms with Crippen LogP contribution in [0, 0.1) is 12.8 Å². The zero-order chi connectivity index (χ0) is 12.1. The zero-order valence-electron chi connectivity index (χ0n) is 10.4. The van der Waals surface area contributed by atoms with Gasteiger partial charge in [0.2, 0.25) is 11.8 Å². The van der Waals surface area contributed by atoms with Crippen molar-refractivity contribution in [2.45, 2.75) is 19.8 Å². The van der Waals surface area contributed by atoms with Crippen LogP contribution in [0.4, 0.5) is 5.95 Å². The third-order valence-corrected chi connectivity index (χ3v) is 2.84. The van der Waals surface area contributed by atoms with Crippen molar-refractivity contribution in [2.24, 2.45) is 5.92 Å². The van der Waals surface area contributed by atoms with E-state index in [1.54, 1.807) is 7.11 Å². The molecule has 0 bridgehead atoms. The van der Waals surface area contributed by atoms with Gasteiger partial charge in [-0.25, -0.2) is 4.98 Å². The highest BCUT2D eigenvalue weighted by atomic mass is 16.5. The Morgan fingerprint density at radius 2 is 2.41 bits per heavy atom. The van der Waals surface area contributed by atoms with E-state index in [9.17, 15) is 0 Å².